The van der Waals surface area contributed by atoms with Crippen molar-refractivity contribution in [1.82, 2.24) is 30.0 Å². The summed E-state index contributed by atoms with van der Waals surface area (Å²) in [4.78, 5) is -0.874. The average Bonchev–Trinajstić information content (AvgIpc) is 3.41. The first-order chi connectivity index (χ1) is 15.0. The second kappa shape index (κ2) is 9.40. The van der Waals surface area contributed by atoms with Crippen molar-refractivity contribution in [3.63, 3.8) is 0 Å². The van der Waals surface area contributed by atoms with Crippen LogP contribution in [0.15, 0.2) is 61.2 Å². The molecule has 0 fully saturated rings. The molecule has 0 saturated carbocycles. The molecule has 2 aromatic carbocycles. The van der Waals surface area contributed by atoms with Crippen LogP contribution < -0.4 is 0 Å². The molecule has 4 rings (SSSR count). The summed E-state index contributed by atoms with van der Waals surface area (Å²) in [5.74, 6) is -2.74. The Bertz CT molecular complexity index is 1050. The molecule has 0 radical (unpaired) electrons. The SMILES string of the molecule is Fc1ccc(C(Cn2ccnn2)[Se]C(Cn2ccnn2)c2ccc(F)cc2F)c(F)c1. The molecule has 0 aliphatic carbocycles. The van der Waals surface area contributed by atoms with Gasteiger partial charge < -0.3 is 0 Å². The van der Waals surface area contributed by atoms with Gasteiger partial charge in [-0.15, -0.1) is 0 Å². The number of hydrogen-bond donors (Lipinski definition) is 0. The Labute approximate surface area is 181 Å². The Kier molecular flexibility index (Phi) is 6.43. The molecule has 0 bridgehead atoms. The molecule has 2 unspecified atom stereocenters. The van der Waals surface area contributed by atoms with Gasteiger partial charge in [0.05, 0.1) is 0 Å². The summed E-state index contributed by atoms with van der Waals surface area (Å²) in [6.45, 7) is 0.526. The second-order valence-corrected chi connectivity index (χ2v) is 9.65. The van der Waals surface area contributed by atoms with Gasteiger partial charge in [-0.1, -0.05) is 0 Å². The molecule has 160 valence electrons. The van der Waals surface area contributed by atoms with Gasteiger partial charge in [-0.25, -0.2) is 0 Å². The summed E-state index contributed by atoms with van der Waals surface area (Å²) in [7, 11) is 0. The van der Waals surface area contributed by atoms with Crippen LogP contribution in [0.2, 0.25) is 0 Å². The molecule has 0 saturated heterocycles. The molecule has 4 aromatic rings. The van der Waals surface area contributed by atoms with Crippen LogP contribution in [0.5, 0.6) is 0 Å². The fourth-order valence-electron chi connectivity index (χ4n) is 3.15. The molecule has 2 heterocycles. The van der Waals surface area contributed by atoms with Gasteiger partial charge in [0.15, 0.2) is 0 Å². The van der Waals surface area contributed by atoms with Gasteiger partial charge in [0, 0.05) is 0 Å². The van der Waals surface area contributed by atoms with Gasteiger partial charge in [-0.2, -0.15) is 0 Å². The molecule has 0 spiro atoms. The zero-order valence-electron chi connectivity index (χ0n) is 15.9. The number of halogens is 4. The third-order valence-corrected chi connectivity index (χ3v) is 7.67. The van der Waals surface area contributed by atoms with E-state index >= 15 is 0 Å². The molecule has 0 amide bonds. The average molecular weight is 495 g/mol. The van der Waals surface area contributed by atoms with E-state index in [-0.39, 0.29) is 13.1 Å². The summed E-state index contributed by atoms with van der Waals surface area (Å²) >= 11 is -0.477. The van der Waals surface area contributed by atoms with Crippen molar-refractivity contribution in [3.05, 3.63) is 95.6 Å². The van der Waals surface area contributed by atoms with E-state index in [4.69, 9.17) is 0 Å². The quantitative estimate of drug-likeness (QED) is 0.278. The van der Waals surface area contributed by atoms with E-state index in [9.17, 15) is 17.6 Å². The van der Waals surface area contributed by atoms with Crippen molar-refractivity contribution < 1.29 is 17.6 Å². The van der Waals surface area contributed by atoms with Crippen LogP contribution >= 0.6 is 0 Å². The monoisotopic (exact) mass is 496 g/mol. The summed E-state index contributed by atoms with van der Waals surface area (Å²) in [5.41, 5.74) is 0.589. The van der Waals surface area contributed by atoms with Crippen LogP contribution in [0.25, 0.3) is 0 Å². The summed E-state index contributed by atoms with van der Waals surface area (Å²) in [6.07, 6.45) is 6.26. The maximum absolute atomic E-state index is 14.7. The predicted molar refractivity (Wildman–Crippen MR) is 104 cm³/mol. The summed E-state index contributed by atoms with van der Waals surface area (Å²) in [6, 6.07) is 6.81. The van der Waals surface area contributed by atoms with Crippen LogP contribution in [0.3, 0.4) is 0 Å². The predicted octanol–water partition coefficient (Wildman–Crippen LogP) is 3.31. The Morgan fingerprint density at radius 3 is 1.52 bits per heavy atom. The number of aromatic nitrogens is 6. The molecule has 0 N–H and O–H groups in total. The van der Waals surface area contributed by atoms with Gasteiger partial charge >= 0.3 is 181 Å². The van der Waals surface area contributed by atoms with Crippen molar-refractivity contribution in [2.75, 3.05) is 0 Å². The molecular formula is C20H16F4N6Se. The van der Waals surface area contributed by atoms with E-state index in [1.807, 2.05) is 0 Å². The van der Waals surface area contributed by atoms with E-state index in [2.05, 4.69) is 20.6 Å². The van der Waals surface area contributed by atoms with E-state index in [1.54, 1.807) is 21.8 Å². The second-order valence-electron chi connectivity index (χ2n) is 6.70. The first-order valence-corrected chi connectivity index (χ1v) is 11.2. The minimum atomic E-state index is -0.689. The minimum absolute atomic E-state index is 0.263. The normalized spacial score (nSPS) is 13.3. The molecule has 0 aliphatic heterocycles. The summed E-state index contributed by atoms with van der Waals surface area (Å²) in [5, 5.41) is 15.4. The van der Waals surface area contributed by atoms with Gasteiger partial charge in [-0.05, 0) is 0 Å². The van der Waals surface area contributed by atoms with Crippen molar-refractivity contribution in [3.8, 4) is 0 Å². The van der Waals surface area contributed by atoms with Gasteiger partial charge in [0.2, 0.25) is 0 Å². The number of nitrogens with zero attached hydrogens (tertiary/aromatic N) is 6. The molecular weight excluding hydrogens is 479 g/mol. The summed E-state index contributed by atoms with van der Waals surface area (Å²) < 4.78 is 59.4. The Hall–Kier alpha value is -3.04. The Morgan fingerprint density at radius 1 is 0.710 bits per heavy atom. The van der Waals surface area contributed by atoms with E-state index in [0.29, 0.717) is 11.1 Å². The number of benzene rings is 2. The van der Waals surface area contributed by atoms with Crippen LogP contribution in [0, 0.1) is 23.3 Å². The Balaban J connectivity index is 1.71. The van der Waals surface area contributed by atoms with Crippen molar-refractivity contribution in [2.24, 2.45) is 0 Å². The fraction of sp³-hybridized carbons (Fsp3) is 0.200. The van der Waals surface area contributed by atoms with Crippen LogP contribution in [0.1, 0.15) is 20.8 Å². The van der Waals surface area contributed by atoms with Crippen LogP contribution in [-0.2, 0) is 13.1 Å². The van der Waals surface area contributed by atoms with E-state index in [0.717, 1.165) is 12.1 Å². The van der Waals surface area contributed by atoms with Crippen molar-refractivity contribution in [1.29, 1.82) is 0 Å². The topological polar surface area (TPSA) is 61.4 Å². The zero-order valence-corrected chi connectivity index (χ0v) is 17.7. The molecule has 6 nitrogen and oxygen atoms in total. The fourth-order valence-corrected chi connectivity index (χ4v) is 6.40. The third kappa shape index (κ3) is 5.18. The van der Waals surface area contributed by atoms with Crippen LogP contribution in [0.4, 0.5) is 17.6 Å². The van der Waals surface area contributed by atoms with Crippen LogP contribution in [-0.4, -0.2) is 44.9 Å². The standard InChI is InChI=1S/C20H16F4N6Se/c21-13-1-3-15(17(23)9-13)19(11-29-7-5-25-27-29)31-20(12-30-8-6-26-28-30)16-4-2-14(22)10-18(16)24/h1-10,19-20H,11-12H2. The van der Waals surface area contributed by atoms with E-state index < -0.39 is 47.9 Å². The van der Waals surface area contributed by atoms with Crippen molar-refractivity contribution >= 4 is 15.0 Å². The zero-order chi connectivity index (χ0) is 21.8. The molecule has 31 heavy (non-hydrogen) atoms. The third-order valence-electron chi connectivity index (χ3n) is 4.60. The van der Waals surface area contributed by atoms with Gasteiger partial charge in [0.1, 0.15) is 0 Å². The van der Waals surface area contributed by atoms with Gasteiger partial charge in [0.25, 0.3) is 0 Å². The molecule has 0 aliphatic rings. The first-order valence-electron chi connectivity index (χ1n) is 9.23. The number of rotatable bonds is 8. The van der Waals surface area contributed by atoms with Crippen molar-refractivity contribution in [2.45, 2.75) is 22.7 Å². The first kappa shape index (κ1) is 21.2. The Morgan fingerprint density at radius 2 is 1.16 bits per heavy atom. The number of hydrogen-bond acceptors (Lipinski definition) is 4. The molecule has 11 heteroatoms. The maximum atomic E-state index is 14.7. The molecule has 2 aromatic heterocycles. The van der Waals surface area contributed by atoms with Gasteiger partial charge in [-0.3, -0.25) is 0 Å². The van der Waals surface area contributed by atoms with E-state index in [1.165, 1.54) is 36.7 Å². The molecule has 2 atom stereocenters.